The summed E-state index contributed by atoms with van der Waals surface area (Å²) in [7, 11) is 0.0612. The second-order valence-electron chi connectivity index (χ2n) is 5.36. The molecule has 2 aromatic heterocycles. The van der Waals surface area contributed by atoms with E-state index in [1.807, 2.05) is 49.9 Å². The van der Waals surface area contributed by atoms with Crippen molar-refractivity contribution in [2.24, 2.45) is 19.2 Å². The van der Waals surface area contributed by atoms with E-state index >= 15 is 0 Å². The number of sulfonamides is 1. The highest BCUT2D eigenvalue weighted by molar-refractivity contribution is 7.99. The zero-order valence-corrected chi connectivity index (χ0v) is 15.1. The van der Waals surface area contributed by atoms with Gasteiger partial charge in [0, 0.05) is 25.1 Å². The summed E-state index contributed by atoms with van der Waals surface area (Å²) in [5.41, 5.74) is 3.37. The molecule has 3 aromatic rings. The monoisotopic (exact) mass is 363 g/mol. The van der Waals surface area contributed by atoms with E-state index in [-0.39, 0.29) is 0 Å². The molecule has 0 saturated heterocycles. The Kier molecular flexibility index (Phi) is 4.24. The van der Waals surface area contributed by atoms with Crippen LogP contribution in [0.2, 0.25) is 0 Å². The SMILES string of the molecule is Cc1nn(C)c(Sc2nc3ccccc3n2C)c1/C=C/S(N)(=O)=O. The molecule has 2 N–H and O–H groups in total. The largest absolute Gasteiger partial charge is 0.322 e. The number of hydrogen-bond donors (Lipinski definition) is 1. The van der Waals surface area contributed by atoms with Gasteiger partial charge in [0.1, 0.15) is 5.03 Å². The van der Waals surface area contributed by atoms with Crippen LogP contribution in [0.15, 0.2) is 39.9 Å². The fraction of sp³-hybridized carbons (Fsp3) is 0.200. The van der Waals surface area contributed by atoms with Gasteiger partial charge in [0.2, 0.25) is 10.0 Å². The van der Waals surface area contributed by atoms with Crippen molar-refractivity contribution >= 4 is 38.9 Å². The van der Waals surface area contributed by atoms with Gasteiger partial charge >= 0.3 is 0 Å². The Morgan fingerprint density at radius 2 is 1.96 bits per heavy atom. The summed E-state index contributed by atoms with van der Waals surface area (Å²) in [6.45, 7) is 1.82. The van der Waals surface area contributed by atoms with Gasteiger partial charge < -0.3 is 4.57 Å². The normalized spacial score (nSPS) is 12.5. The molecule has 126 valence electrons. The van der Waals surface area contributed by atoms with Crippen LogP contribution < -0.4 is 5.14 Å². The lowest BCUT2D eigenvalue weighted by Gasteiger charge is -2.04. The molecule has 0 aliphatic heterocycles. The van der Waals surface area contributed by atoms with E-state index in [0.717, 1.165) is 32.3 Å². The van der Waals surface area contributed by atoms with E-state index in [1.165, 1.54) is 17.8 Å². The number of rotatable bonds is 4. The predicted molar refractivity (Wildman–Crippen MR) is 94.9 cm³/mol. The van der Waals surface area contributed by atoms with Crippen molar-refractivity contribution in [3.05, 3.63) is 40.9 Å². The molecule has 0 aliphatic rings. The van der Waals surface area contributed by atoms with Crippen LogP contribution in [-0.2, 0) is 24.1 Å². The molecule has 24 heavy (non-hydrogen) atoms. The number of hydrogen-bond acceptors (Lipinski definition) is 5. The van der Waals surface area contributed by atoms with Crippen molar-refractivity contribution in [2.45, 2.75) is 17.1 Å². The topological polar surface area (TPSA) is 95.8 Å². The number of aryl methyl sites for hydroxylation is 3. The lowest BCUT2D eigenvalue weighted by molar-refractivity contribution is 0.606. The molecule has 9 heteroatoms. The minimum Gasteiger partial charge on any atom is -0.322 e. The van der Waals surface area contributed by atoms with Crippen molar-refractivity contribution in [1.82, 2.24) is 19.3 Å². The second-order valence-corrected chi connectivity index (χ2v) is 7.77. The molecule has 0 radical (unpaired) electrons. The van der Waals surface area contributed by atoms with Crippen molar-refractivity contribution in [1.29, 1.82) is 0 Å². The molecule has 7 nitrogen and oxygen atoms in total. The number of nitrogens with two attached hydrogens (primary N) is 1. The van der Waals surface area contributed by atoms with E-state index < -0.39 is 10.0 Å². The minimum atomic E-state index is -3.70. The number of aromatic nitrogens is 4. The smallest absolute Gasteiger partial charge is 0.231 e. The third-order valence-electron chi connectivity index (χ3n) is 3.57. The molecule has 0 saturated carbocycles. The van der Waals surface area contributed by atoms with Gasteiger partial charge in [-0.3, -0.25) is 4.68 Å². The van der Waals surface area contributed by atoms with Crippen LogP contribution in [0.4, 0.5) is 0 Å². The van der Waals surface area contributed by atoms with E-state index in [2.05, 4.69) is 10.1 Å². The van der Waals surface area contributed by atoms with Crippen LogP contribution in [0.3, 0.4) is 0 Å². The number of para-hydroxylation sites is 2. The molecule has 0 aliphatic carbocycles. The number of fused-ring (bicyclic) bond motifs is 1. The van der Waals surface area contributed by atoms with Crippen LogP contribution >= 0.6 is 11.8 Å². The Bertz CT molecular complexity index is 1050. The van der Waals surface area contributed by atoms with Gasteiger partial charge in [0.25, 0.3) is 0 Å². The maximum atomic E-state index is 11.2. The van der Waals surface area contributed by atoms with Crippen LogP contribution in [0.5, 0.6) is 0 Å². The van der Waals surface area contributed by atoms with E-state index in [1.54, 1.807) is 4.68 Å². The predicted octanol–water partition coefficient (Wildman–Crippen LogP) is 2.03. The van der Waals surface area contributed by atoms with Gasteiger partial charge in [0.05, 0.1) is 16.7 Å². The van der Waals surface area contributed by atoms with Gasteiger partial charge in [0.15, 0.2) is 5.16 Å². The zero-order valence-electron chi connectivity index (χ0n) is 13.5. The molecular formula is C15H17N5O2S2. The third kappa shape index (κ3) is 3.23. The summed E-state index contributed by atoms with van der Waals surface area (Å²) in [5, 5.41) is 12.0. The standard InChI is InChI=1S/C15H17N5O2S2/c1-10-11(8-9-24(16,21)22)14(20(3)18-10)23-15-17-12-6-4-5-7-13(12)19(15)2/h4-9H,1-3H3,(H2,16,21,22)/b9-8+. The maximum Gasteiger partial charge on any atom is 0.231 e. The summed E-state index contributed by atoms with van der Waals surface area (Å²) >= 11 is 1.43. The summed E-state index contributed by atoms with van der Waals surface area (Å²) in [6, 6.07) is 7.86. The number of primary sulfonamides is 1. The highest BCUT2D eigenvalue weighted by Crippen LogP contribution is 2.33. The second kappa shape index (κ2) is 6.08. The third-order valence-corrected chi connectivity index (χ3v) is 5.31. The van der Waals surface area contributed by atoms with Crippen molar-refractivity contribution in [3.63, 3.8) is 0 Å². The van der Waals surface area contributed by atoms with Gasteiger partial charge in [-0.1, -0.05) is 12.1 Å². The quantitative estimate of drug-likeness (QED) is 0.765. The number of imidazole rings is 1. The molecule has 0 amide bonds. The molecule has 1 aromatic carbocycles. The lowest BCUT2D eigenvalue weighted by Crippen LogP contribution is -2.06. The van der Waals surface area contributed by atoms with E-state index in [9.17, 15) is 8.42 Å². The van der Waals surface area contributed by atoms with Crippen molar-refractivity contribution < 1.29 is 8.42 Å². The molecule has 3 rings (SSSR count). The fourth-order valence-electron chi connectivity index (χ4n) is 2.43. The first-order valence-corrected chi connectivity index (χ1v) is 9.52. The molecule has 0 unspecified atom stereocenters. The fourth-order valence-corrected chi connectivity index (χ4v) is 3.81. The molecule has 0 bridgehead atoms. The first kappa shape index (κ1) is 16.7. The average molecular weight is 363 g/mol. The van der Waals surface area contributed by atoms with Gasteiger partial charge in [-0.15, -0.1) is 0 Å². The van der Waals surface area contributed by atoms with Crippen LogP contribution in [-0.4, -0.2) is 27.7 Å². The summed E-state index contributed by atoms with van der Waals surface area (Å²) in [6.07, 6.45) is 1.47. The number of benzene rings is 1. The van der Waals surface area contributed by atoms with Crippen LogP contribution in [0, 0.1) is 6.92 Å². The van der Waals surface area contributed by atoms with Gasteiger partial charge in [-0.25, -0.2) is 18.5 Å². The highest BCUT2D eigenvalue weighted by Gasteiger charge is 2.16. The summed E-state index contributed by atoms with van der Waals surface area (Å²) in [4.78, 5) is 4.63. The zero-order chi connectivity index (χ0) is 17.5. The maximum absolute atomic E-state index is 11.2. The Balaban J connectivity index is 2.06. The van der Waals surface area contributed by atoms with Crippen molar-refractivity contribution in [2.75, 3.05) is 0 Å². The van der Waals surface area contributed by atoms with E-state index in [4.69, 9.17) is 5.14 Å². The summed E-state index contributed by atoms with van der Waals surface area (Å²) < 4.78 is 26.1. The summed E-state index contributed by atoms with van der Waals surface area (Å²) in [5.74, 6) is 0. The first-order chi connectivity index (χ1) is 11.3. The van der Waals surface area contributed by atoms with Crippen LogP contribution in [0.1, 0.15) is 11.3 Å². The Morgan fingerprint density at radius 3 is 2.62 bits per heavy atom. The Labute approximate surface area is 144 Å². The lowest BCUT2D eigenvalue weighted by atomic mass is 10.3. The Hall–Kier alpha value is -2.10. The first-order valence-electron chi connectivity index (χ1n) is 7.10. The molecule has 2 heterocycles. The molecule has 0 spiro atoms. The van der Waals surface area contributed by atoms with Gasteiger partial charge in [-0.2, -0.15) is 5.10 Å². The molecule has 0 atom stereocenters. The van der Waals surface area contributed by atoms with Gasteiger partial charge in [-0.05, 0) is 36.9 Å². The Morgan fingerprint density at radius 1 is 1.25 bits per heavy atom. The van der Waals surface area contributed by atoms with Crippen LogP contribution in [0.25, 0.3) is 17.1 Å². The average Bonchev–Trinajstić information content (AvgIpc) is 2.95. The highest BCUT2D eigenvalue weighted by atomic mass is 32.2. The van der Waals surface area contributed by atoms with Crippen molar-refractivity contribution in [3.8, 4) is 0 Å². The van der Waals surface area contributed by atoms with E-state index in [0.29, 0.717) is 5.56 Å². The number of nitrogens with zero attached hydrogens (tertiary/aromatic N) is 4. The molecule has 0 fully saturated rings. The molecular weight excluding hydrogens is 346 g/mol. The minimum absolute atomic E-state index is 0.712.